The minimum absolute atomic E-state index is 0.120. The molecule has 4 heterocycles. The molecule has 11 aromatic rings. The van der Waals surface area contributed by atoms with Crippen molar-refractivity contribution in [3.63, 3.8) is 0 Å². The third-order valence-electron chi connectivity index (χ3n) is 9.56. The Morgan fingerprint density at radius 1 is 0.471 bits per heavy atom. The third-order valence-corrected chi connectivity index (χ3v) is 9.56. The number of furan rings is 2. The molecule has 0 bridgehead atoms. The molecular formula is C45H26N4O2. The molecule has 11 rings (SSSR count). The van der Waals surface area contributed by atoms with Crippen LogP contribution in [0.5, 0.6) is 0 Å². The second-order valence-electron chi connectivity index (χ2n) is 12.4. The van der Waals surface area contributed by atoms with E-state index in [-0.39, 0.29) is 17.6 Å². The summed E-state index contributed by atoms with van der Waals surface area (Å²) in [6.45, 7) is 0. The van der Waals surface area contributed by atoms with Crippen LogP contribution in [0.15, 0.2) is 166 Å². The van der Waals surface area contributed by atoms with Crippen molar-refractivity contribution in [3.05, 3.63) is 158 Å². The molecule has 51 heavy (non-hydrogen) atoms. The highest BCUT2D eigenvalue weighted by molar-refractivity contribution is 6.23. The van der Waals surface area contributed by atoms with Crippen molar-refractivity contribution in [1.29, 1.82) is 0 Å². The van der Waals surface area contributed by atoms with E-state index in [1.54, 1.807) is 12.1 Å². The zero-order chi connectivity index (χ0) is 37.8. The van der Waals surface area contributed by atoms with Crippen LogP contribution < -0.4 is 0 Å². The maximum Gasteiger partial charge on any atom is 0.238 e. The number of hydrogen-bond acceptors (Lipinski definition) is 5. The Hall–Kier alpha value is -7.05. The Labute approximate surface area is 297 Å². The maximum absolute atomic E-state index is 8.66. The van der Waals surface area contributed by atoms with Gasteiger partial charge in [0.15, 0.2) is 11.6 Å². The highest BCUT2D eigenvalue weighted by atomic mass is 16.3. The van der Waals surface area contributed by atoms with Crippen molar-refractivity contribution < 1.29 is 15.7 Å². The van der Waals surface area contributed by atoms with Crippen LogP contribution in [0, 0.1) is 0 Å². The first-order valence-electron chi connectivity index (χ1n) is 19.0. The number of hydrogen-bond donors (Lipinski definition) is 0. The lowest BCUT2D eigenvalue weighted by molar-refractivity contribution is 0.669. The summed E-state index contributed by atoms with van der Waals surface area (Å²) in [4.78, 5) is 15.2. The fourth-order valence-corrected chi connectivity index (χ4v) is 7.32. The molecule has 0 aliphatic rings. The molecule has 0 fully saturated rings. The Morgan fingerprint density at radius 3 is 2.10 bits per heavy atom. The molecule has 0 radical (unpaired) electrons. The SMILES string of the molecule is [2H]c1c([2H])c([2H])c(-c2cccc3oc4cc(-c5nc(-c6ccccc6)nc(-n6c7ccccc7c7c8oc9ccccc9c8ccc76)n5)ccc4c23)c([2H])c1[2H]. The Bertz CT molecular complexity index is 3420. The van der Waals surface area contributed by atoms with Crippen LogP contribution in [-0.4, -0.2) is 19.5 Å². The molecule has 0 aliphatic heterocycles. The van der Waals surface area contributed by atoms with E-state index in [0.717, 1.165) is 54.7 Å². The van der Waals surface area contributed by atoms with Crippen molar-refractivity contribution >= 4 is 65.7 Å². The molecule has 0 N–H and O–H groups in total. The number of aromatic nitrogens is 4. The lowest BCUT2D eigenvalue weighted by Gasteiger charge is -2.11. The average molecular weight is 660 g/mol. The van der Waals surface area contributed by atoms with Crippen molar-refractivity contribution in [3.8, 4) is 39.9 Å². The Morgan fingerprint density at radius 2 is 1.22 bits per heavy atom. The summed E-state index contributed by atoms with van der Waals surface area (Å²) in [5.41, 5.74) is 6.60. The van der Waals surface area contributed by atoms with Gasteiger partial charge in [0.05, 0.1) is 23.3 Å². The number of fused-ring (bicyclic) bond motifs is 10. The molecule has 0 saturated carbocycles. The summed E-state index contributed by atoms with van der Waals surface area (Å²) in [6.07, 6.45) is 0. The molecule has 0 saturated heterocycles. The fourth-order valence-electron chi connectivity index (χ4n) is 7.32. The van der Waals surface area contributed by atoms with Gasteiger partial charge in [-0.25, -0.2) is 4.98 Å². The van der Waals surface area contributed by atoms with Gasteiger partial charge in [0.2, 0.25) is 5.95 Å². The van der Waals surface area contributed by atoms with Gasteiger partial charge in [-0.3, -0.25) is 4.57 Å². The normalized spacial score (nSPS) is 13.3. The van der Waals surface area contributed by atoms with Gasteiger partial charge in [-0.1, -0.05) is 115 Å². The van der Waals surface area contributed by atoms with Crippen LogP contribution in [0.4, 0.5) is 0 Å². The van der Waals surface area contributed by atoms with E-state index in [2.05, 4.69) is 34.9 Å². The predicted octanol–water partition coefficient (Wildman–Crippen LogP) is 11.8. The highest BCUT2D eigenvalue weighted by Gasteiger charge is 2.22. The Balaban J connectivity index is 1.15. The summed E-state index contributed by atoms with van der Waals surface area (Å²) < 4.78 is 56.9. The average Bonchev–Trinajstić information content (AvgIpc) is 3.92. The summed E-state index contributed by atoms with van der Waals surface area (Å²) in [5, 5.41) is 5.44. The molecular weight excluding hydrogens is 629 g/mol. The summed E-state index contributed by atoms with van der Waals surface area (Å²) in [5.74, 6) is 1.36. The number of rotatable bonds is 4. The molecule has 6 nitrogen and oxygen atoms in total. The van der Waals surface area contributed by atoms with Gasteiger partial charge >= 0.3 is 0 Å². The summed E-state index contributed by atoms with van der Waals surface area (Å²) in [7, 11) is 0. The standard InChI is InChI=1S/C45H26N4O2/c1-3-12-27(13-4-1)30-18-11-21-38-40(30)34-23-22-29(26-39(34)50-38)44-46-43(28-14-5-2-6-15-28)47-45(48-44)49-35-19-9-7-17-33(35)41-36(49)25-24-32-31-16-8-10-20-37(31)51-42(32)41/h1-26H/i1D,3D,4D,12D,13D. The first-order chi connectivity index (χ1) is 27.4. The summed E-state index contributed by atoms with van der Waals surface area (Å²) in [6, 6.07) is 39.5. The summed E-state index contributed by atoms with van der Waals surface area (Å²) >= 11 is 0. The quantitative estimate of drug-likeness (QED) is 0.188. The topological polar surface area (TPSA) is 69.9 Å². The molecule has 0 amide bonds. The van der Waals surface area contributed by atoms with Crippen LogP contribution >= 0.6 is 0 Å². The molecule has 7 aromatic carbocycles. The van der Waals surface area contributed by atoms with Gasteiger partial charge in [0, 0.05) is 38.1 Å². The zero-order valence-corrected chi connectivity index (χ0v) is 26.7. The molecule has 0 unspecified atom stereocenters. The monoisotopic (exact) mass is 659 g/mol. The van der Waals surface area contributed by atoms with Gasteiger partial charge in [0.25, 0.3) is 0 Å². The fraction of sp³-hybridized carbons (Fsp3) is 0. The molecule has 0 atom stereocenters. The van der Waals surface area contributed by atoms with E-state index in [9.17, 15) is 0 Å². The van der Waals surface area contributed by atoms with Crippen LogP contribution in [0.3, 0.4) is 0 Å². The molecule has 0 aliphatic carbocycles. The highest BCUT2D eigenvalue weighted by Crippen LogP contribution is 2.41. The molecule has 4 aromatic heterocycles. The predicted molar refractivity (Wildman–Crippen MR) is 205 cm³/mol. The van der Waals surface area contributed by atoms with Crippen molar-refractivity contribution in [1.82, 2.24) is 19.5 Å². The number of nitrogens with zero attached hydrogens (tertiary/aromatic N) is 4. The largest absolute Gasteiger partial charge is 0.456 e. The van der Waals surface area contributed by atoms with E-state index in [1.165, 1.54) is 0 Å². The van der Waals surface area contributed by atoms with Crippen LogP contribution in [0.25, 0.3) is 106 Å². The minimum Gasteiger partial charge on any atom is -0.456 e. The number of para-hydroxylation sites is 2. The molecule has 238 valence electrons. The van der Waals surface area contributed by atoms with E-state index < -0.39 is 18.1 Å². The van der Waals surface area contributed by atoms with Gasteiger partial charge in [-0.2, -0.15) is 9.97 Å². The lowest BCUT2D eigenvalue weighted by Crippen LogP contribution is -2.06. The van der Waals surface area contributed by atoms with E-state index >= 15 is 0 Å². The van der Waals surface area contributed by atoms with E-state index in [4.69, 9.17) is 30.6 Å². The van der Waals surface area contributed by atoms with Gasteiger partial charge < -0.3 is 8.83 Å². The maximum atomic E-state index is 8.66. The van der Waals surface area contributed by atoms with Crippen molar-refractivity contribution in [2.45, 2.75) is 0 Å². The smallest absolute Gasteiger partial charge is 0.238 e. The van der Waals surface area contributed by atoms with Crippen molar-refractivity contribution in [2.24, 2.45) is 0 Å². The Kier molecular flexibility index (Phi) is 4.91. The first-order valence-corrected chi connectivity index (χ1v) is 16.5. The van der Waals surface area contributed by atoms with E-state index in [0.29, 0.717) is 45.3 Å². The van der Waals surface area contributed by atoms with Crippen LogP contribution in [0.2, 0.25) is 0 Å². The molecule has 6 heteroatoms. The minimum atomic E-state index is -0.437. The van der Waals surface area contributed by atoms with Gasteiger partial charge in [0.1, 0.15) is 22.3 Å². The van der Waals surface area contributed by atoms with Gasteiger partial charge in [-0.05, 0) is 53.6 Å². The lowest BCUT2D eigenvalue weighted by atomic mass is 9.99. The second-order valence-corrected chi connectivity index (χ2v) is 12.4. The second kappa shape index (κ2) is 10.7. The van der Waals surface area contributed by atoms with Crippen LogP contribution in [0.1, 0.15) is 6.85 Å². The zero-order valence-electron chi connectivity index (χ0n) is 31.7. The molecule has 0 spiro atoms. The third kappa shape index (κ3) is 4.20. The van der Waals surface area contributed by atoms with Crippen LogP contribution in [-0.2, 0) is 0 Å². The number of benzene rings is 7. The van der Waals surface area contributed by atoms with E-state index in [1.807, 2.05) is 84.9 Å². The first kappa shape index (κ1) is 23.3. The van der Waals surface area contributed by atoms with Gasteiger partial charge in [-0.15, -0.1) is 0 Å². The van der Waals surface area contributed by atoms with Crippen molar-refractivity contribution in [2.75, 3.05) is 0 Å².